The molecule has 23 heavy (non-hydrogen) atoms. The molecule has 2 N–H and O–H groups in total. The minimum Gasteiger partial charge on any atom is -0.493 e. The summed E-state index contributed by atoms with van der Waals surface area (Å²) in [6.07, 6.45) is 0. The third-order valence-electron chi connectivity index (χ3n) is 3.21. The van der Waals surface area contributed by atoms with Crippen molar-refractivity contribution in [3.63, 3.8) is 0 Å². The Labute approximate surface area is 145 Å². The van der Waals surface area contributed by atoms with Crippen LogP contribution in [0.5, 0.6) is 5.88 Å². The van der Waals surface area contributed by atoms with Gasteiger partial charge in [-0.3, -0.25) is 4.79 Å². The number of aromatic hydroxyl groups is 1. The topological polar surface area (TPSA) is 66.0 Å². The van der Waals surface area contributed by atoms with Crippen LogP contribution in [0.25, 0.3) is 11.1 Å². The first-order chi connectivity index (χ1) is 11.1. The van der Waals surface area contributed by atoms with Gasteiger partial charge in [0.25, 0.3) is 5.56 Å². The monoisotopic (exact) mass is 388 g/mol. The Morgan fingerprint density at radius 1 is 1.13 bits per heavy atom. The number of nitrogens with zero attached hydrogens (tertiary/aromatic N) is 1. The lowest BCUT2D eigenvalue weighted by Gasteiger charge is -2.06. The highest BCUT2D eigenvalue weighted by molar-refractivity contribution is 9.10. The molecule has 1 heterocycles. The van der Waals surface area contributed by atoms with Gasteiger partial charge in [0.05, 0.1) is 0 Å². The number of benzene rings is 2. The lowest BCUT2D eigenvalue weighted by molar-refractivity contribution is 0.446. The molecule has 0 radical (unpaired) electrons. The molecule has 6 heteroatoms. The summed E-state index contributed by atoms with van der Waals surface area (Å²) in [5.41, 5.74) is 1.58. The number of nitrogens with one attached hydrogen (secondary N) is 1. The third kappa shape index (κ3) is 3.83. The lowest BCUT2D eigenvalue weighted by Crippen LogP contribution is -2.11. The summed E-state index contributed by atoms with van der Waals surface area (Å²) >= 11 is 4.79. The van der Waals surface area contributed by atoms with Crippen LogP contribution < -0.4 is 5.56 Å². The van der Waals surface area contributed by atoms with E-state index < -0.39 is 0 Å². The fourth-order valence-corrected chi connectivity index (χ4v) is 3.40. The van der Waals surface area contributed by atoms with Gasteiger partial charge in [-0.05, 0) is 23.3 Å². The van der Waals surface area contributed by atoms with E-state index in [1.165, 1.54) is 11.8 Å². The fourth-order valence-electron chi connectivity index (χ4n) is 2.15. The fraction of sp³-hybridized carbons (Fsp3) is 0.0588. The normalized spacial score (nSPS) is 10.7. The zero-order valence-corrected chi connectivity index (χ0v) is 14.4. The maximum absolute atomic E-state index is 12.3. The molecule has 0 bridgehead atoms. The van der Waals surface area contributed by atoms with Crippen molar-refractivity contribution in [3.8, 4) is 17.0 Å². The molecule has 116 valence electrons. The van der Waals surface area contributed by atoms with Crippen LogP contribution in [0.3, 0.4) is 0 Å². The van der Waals surface area contributed by atoms with Gasteiger partial charge in [0.1, 0.15) is 5.56 Å². The van der Waals surface area contributed by atoms with Gasteiger partial charge in [-0.25, -0.2) is 0 Å². The average molecular weight is 389 g/mol. The molecule has 4 nitrogen and oxygen atoms in total. The van der Waals surface area contributed by atoms with E-state index in [0.29, 0.717) is 16.5 Å². The van der Waals surface area contributed by atoms with Gasteiger partial charge in [0, 0.05) is 10.2 Å². The largest absolute Gasteiger partial charge is 0.493 e. The van der Waals surface area contributed by atoms with E-state index in [4.69, 9.17) is 0 Å². The number of rotatable bonds is 4. The Hall–Kier alpha value is -2.05. The average Bonchev–Trinajstić information content (AvgIpc) is 2.53. The molecule has 3 rings (SSSR count). The van der Waals surface area contributed by atoms with Crippen LogP contribution in [0.1, 0.15) is 5.56 Å². The Morgan fingerprint density at radius 2 is 1.91 bits per heavy atom. The van der Waals surface area contributed by atoms with Gasteiger partial charge in [0.15, 0.2) is 5.16 Å². The maximum Gasteiger partial charge on any atom is 0.263 e. The second kappa shape index (κ2) is 7.02. The van der Waals surface area contributed by atoms with Crippen LogP contribution in [0, 0.1) is 0 Å². The standard InChI is InChI=1S/C17H13BrN2O2S/c18-13-8-4-5-11(9-13)10-23-17-19-15(21)14(16(22)20-17)12-6-2-1-3-7-12/h1-9H,10H2,(H2,19,20,21,22). The van der Waals surface area contributed by atoms with Gasteiger partial charge < -0.3 is 10.1 Å². The first-order valence-corrected chi connectivity index (χ1v) is 8.67. The molecule has 0 unspecified atom stereocenters. The van der Waals surface area contributed by atoms with Gasteiger partial charge in [-0.2, -0.15) is 4.98 Å². The Bertz CT molecular complexity index is 881. The molecule has 0 amide bonds. The highest BCUT2D eigenvalue weighted by Crippen LogP contribution is 2.26. The second-order valence-electron chi connectivity index (χ2n) is 4.85. The summed E-state index contributed by atoms with van der Waals surface area (Å²) in [5, 5.41) is 10.5. The van der Waals surface area contributed by atoms with Crippen molar-refractivity contribution in [3.05, 3.63) is 75.0 Å². The summed E-state index contributed by atoms with van der Waals surface area (Å²) in [6.45, 7) is 0. The van der Waals surface area contributed by atoms with Gasteiger partial charge in [-0.1, -0.05) is 70.2 Å². The summed E-state index contributed by atoms with van der Waals surface area (Å²) in [5.74, 6) is 0.392. The molecule has 0 fully saturated rings. The molecule has 0 aliphatic rings. The first kappa shape index (κ1) is 15.8. The molecule has 1 aromatic heterocycles. The number of hydrogen-bond donors (Lipinski definition) is 2. The van der Waals surface area contributed by atoms with E-state index in [-0.39, 0.29) is 17.0 Å². The minimum absolute atomic E-state index is 0.192. The van der Waals surface area contributed by atoms with Crippen LogP contribution in [-0.2, 0) is 5.75 Å². The van der Waals surface area contributed by atoms with Crippen molar-refractivity contribution < 1.29 is 5.11 Å². The summed E-state index contributed by atoms with van der Waals surface area (Å²) < 4.78 is 0.999. The molecule has 0 aliphatic heterocycles. The molecular weight excluding hydrogens is 376 g/mol. The smallest absolute Gasteiger partial charge is 0.263 e. The van der Waals surface area contributed by atoms with Crippen LogP contribution in [-0.4, -0.2) is 15.1 Å². The Morgan fingerprint density at radius 3 is 2.61 bits per heavy atom. The van der Waals surface area contributed by atoms with Crippen molar-refractivity contribution in [1.82, 2.24) is 9.97 Å². The summed E-state index contributed by atoms with van der Waals surface area (Å²) in [7, 11) is 0. The van der Waals surface area contributed by atoms with E-state index in [9.17, 15) is 9.90 Å². The van der Waals surface area contributed by atoms with E-state index in [2.05, 4.69) is 25.9 Å². The van der Waals surface area contributed by atoms with Crippen LogP contribution in [0.2, 0.25) is 0 Å². The number of hydrogen-bond acceptors (Lipinski definition) is 4. The number of H-pyrrole nitrogens is 1. The van der Waals surface area contributed by atoms with E-state index >= 15 is 0 Å². The number of aromatic nitrogens is 2. The zero-order valence-electron chi connectivity index (χ0n) is 12.0. The lowest BCUT2D eigenvalue weighted by atomic mass is 10.1. The highest BCUT2D eigenvalue weighted by atomic mass is 79.9. The Balaban J connectivity index is 1.84. The van der Waals surface area contributed by atoms with Crippen molar-refractivity contribution in [2.45, 2.75) is 10.9 Å². The van der Waals surface area contributed by atoms with Crippen LogP contribution >= 0.6 is 27.7 Å². The summed E-state index contributed by atoms with van der Waals surface area (Å²) in [6, 6.07) is 16.9. The van der Waals surface area contributed by atoms with Crippen LogP contribution in [0.15, 0.2) is 69.0 Å². The van der Waals surface area contributed by atoms with E-state index in [1.807, 2.05) is 42.5 Å². The third-order valence-corrected chi connectivity index (χ3v) is 4.64. The Kier molecular flexibility index (Phi) is 4.83. The number of halogens is 1. The van der Waals surface area contributed by atoms with E-state index in [0.717, 1.165) is 10.0 Å². The van der Waals surface area contributed by atoms with Gasteiger partial charge in [-0.15, -0.1) is 0 Å². The maximum atomic E-state index is 12.3. The predicted octanol–water partition coefficient (Wildman–Crippen LogP) is 4.20. The van der Waals surface area contributed by atoms with Crippen LogP contribution in [0.4, 0.5) is 0 Å². The first-order valence-electron chi connectivity index (χ1n) is 6.89. The zero-order chi connectivity index (χ0) is 16.2. The highest BCUT2D eigenvalue weighted by Gasteiger charge is 2.13. The van der Waals surface area contributed by atoms with Crippen molar-refractivity contribution >= 4 is 27.7 Å². The molecule has 0 spiro atoms. The SMILES string of the molecule is O=c1[nH]c(SCc2cccc(Br)c2)nc(O)c1-c1ccccc1. The summed E-state index contributed by atoms with van der Waals surface area (Å²) in [4.78, 5) is 19.1. The molecule has 0 saturated carbocycles. The van der Waals surface area contributed by atoms with Gasteiger partial charge >= 0.3 is 0 Å². The predicted molar refractivity (Wildman–Crippen MR) is 95.7 cm³/mol. The van der Waals surface area contributed by atoms with E-state index in [1.54, 1.807) is 12.1 Å². The molecule has 2 aromatic carbocycles. The molecule has 3 aromatic rings. The molecule has 0 atom stereocenters. The quantitative estimate of drug-likeness (QED) is 0.519. The van der Waals surface area contributed by atoms with Crippen molar-refractivity contribution in [1.29, 1.82) is 0 Å². The van der Waals surface area contributed by atoms with Gasteiger partial charge in [0.2, 0.25) is 5.88 Å². The van der Waals surface area contributed by atoms with Crippen molar-refractivity contribution in [2.24, 2.45) is 0 Å². The number of thioether (sulfide) groups is 1. The molecular formula is C17H13BrN2O2S. The van der Waals surface area contributed by atoms with Crippen molar-refractivity contribution in [2.75, 3.05) is 0 Å². The second-order valence-corrected chi connectivity index (χ2v) is 6.73. The minimum atomic E-state index is -0.347. The number of aromatic amines is 1. The molecule has 0 saturated heterocycles. The molecule has 0 aliphatic carbocycles.